The molecule has 1 aromatic carbocycles. The van der Waals surface area contributed by atoms with E-state index in [0.717, 1.165) is 17.1 Å². The number of nitrogens with zero attached hydrogens (tertiary/aromatic N) is 3. The predicted molar refractivity (Wildman–Crippen MR) is 81.6 cm³/mol. The lowest BCUT2D eigenvalue weighted by atomic mass is 10.0. The second-order valence-corrected chi connectivity index (χ2v) is 5.25. The minimum atomic E-state index is -0.324. The van der Waals surface area contributed by atoms with Crippen molar-refractivity contribution in [2.75, 3.05) is 0 Å². The Bertz CT molecular complexity index is 761. The van der Waals surface area contributed by atoms with E-state index in [2.05, 4.69) is 20.5 Å². The Morgan fingerprint density at radius 1 is 1.36 bits per heavy atom. The van der Waals surface area contributed by atoms with E-state index >= 15 is 0 Å². The summed E-state index contributed by atoms with van der Waals surface area (Å²) in [4.78, 5) is 4.37. The van der Waals surface area contributed by atoms with E-state index in [-0.39, 0.29) is 11.9 Å². The fourth-order valence-electron chi connectivity index (χ4n) is 2.47. The lowest BCUT2D eigenvalue weighted by Crippen LogP contribution is -2.25. The normalized spacial score (nSPS) is 12.5. The van der Waals surface area contributed by atoms with Crippen LogP contribution in [0.1, 0.15) is 28.7 Å². The van der Waals surface area contributed by atoms with Crippen LogP contribution in [0.3, 0.4) is 0 Å². The van der Waals surface area contributed by atoms with Crippen molar-refractivity contribution in [1.29, 1.82) is 0 Å². The second kappa shape index (κ2) is 6.11. The summed E-state index contributed by atoms with van der Waals surface area (Å²) in [5, 5.41) is 10.3. The Kier molecular flexibility index (Phi) is 4.02. The number of benzene rings is 1. The maximum atomic E-state index is 14.2. The fraction of sp³-hybridized carbons (Fsp3) is 0.250. The first-order chi connectivity index (χ1) is 10.7. The standard InChI is InChI=1S/C16H18FN5/c1-11-12(10-20-21-11)9-19-15(16-18-7-8-22(16)2)13-5-3-4-6-14(13)17/h3-8,10,15,19H,9H2,1-2H3,(H,20,21)/t15-/m0/s1. The monoisotopic (exact) mass is 299 g/mol. The van der Waals surface area contributed by atoms with Gasteiger partial charge in [-0.2, -0.15) is 5.10 Å². The number of nitrogens with one attached hydrogen (secondary N) is 2. The van der Waals surface area contributed by atoms with Crippen molar-refractivity contribution in [3.63, 3.8) is 0 Å². The Morgan fingerprint density at radius 3 is 2.82 bits per heavy atom. The first kappa shape index (κ1) is 14.5. The minimum absolute atomic E-state index is 0.244. The topological polar surface area (TPSA) is 58.5 Å². The third-order valence-electron chi connectivity index (χ3n) is 3.76. The summed E-state index contributed by atoms with van der Waals surface area (Å²) in [7, 11) is 1.90. The Morgan fingerprint density at radius 2 is 2.18 bits per heavy atom. The van der Waals surface area contributed by atoms with Gasteiger partial charge in [0.2, 0.25) is 0 Å². The summed E-state index contributed by atoms with van der Waals surface area (Å²) in [5.41, 5.74) is 2.63. The van der Waals surface area contributed by atoms with Gasteiger partial charge in [0.15, 0.2) is 0 Å². The number of hydrogen-bond donors (Lipinski definition) is 2. The molecule has 0 spiro atoms. The summed E-state index contributed by atoms with van der Waals surface area (Å²) in [6.45, 7) is 2.54. The second-order valence-electron chi connectivity index (χ2n) is 5.25. The van der Waals surface area contributed by atoms with Crippen LogP contribution in [0.4, 0.5) is 4.39 Å². The van der Waals surface area contributed by atoms with E-state index in [1.54, 1.807) is 24.5 Å². The van der Waals surface area contributed by atoms with E-state index in [4.69, 9.17) is 0 Å². The summed E-state index contributed by atoms with van der Waals surface area (Å²) in [5.74, 6) is 0.526. The van der Waals surface area contributed by atoms with E-state index in [1.165, 1.54) is 6.07 Å². The van der Waals surface area contributed by atoms with Crippen LogP contribution in [0.25, 0.3) is 0 Å². The molecule has 114 valence electrons. The minimum Gasteiger partial charge on any atom is -0.336 e. The molecule has 0 saturated heterocycles. The van der Waals surface area contributed by atoms with Crippen LogP contribution in [-0.4, -0.2) is 19.7 Å². The molecule has 0 radical (unpaired) electrons. The molecule has 2 aromatic heterocycles. The van der Waals surface area contributed by atoms with Crippen LogP contribution >= 0.6 is 0 Å². The maximum Gasteiger partial charge on any atom is 0.130 e. The predicted octanol–water partition coefficient (Wildman–Crippen LogP) is 2.47. The Hall–Kier alpha value is -2.47. The average Bonchev–Trinajstić information content (AvgIpc) is 3.10. The summed E-state index contributed by atoms with van der Waals surface area (Å²) >= 11 is 0. The number of aryl methyl sites for hydroxylation is 2. The highest BCUT2D eigenvalue weighted by molar-refractivity contribution is 5.27. The van der Waals surface area contributed by atoms with Gasteiger partial charge >= 0.3 is 0 Å². The van der Waals surface area contributed by atoms with Gasteiger partial charge in [-0.15, -0.1) is 0 Å². The smallest absolute Gasteiger partial charge is 0.130 e. The molecule has 3 rings (SSSR count). The van der Waals surface area contributed by atoms with Crippen molar-refractivity contribution < 1.29 is 4.39 Å². The van der Waals surface area contributed by atoms with Gasteiger partial charge in [-0.05, 0) is 13.0 Å². The molecule has 0 saturated carbocycles. The molecule has 1 atom stereocenters. The molecule has 0 fully saturated rings. The van der Waals surface area contributed by atoms with Crippen LogP contribution in [0.5, 0.6) is 0 Å². The molecule has 0 bridgehead atoms. The Labute approximate surface area is 128 Å². The average molecular weight is 299 g/mol. The summed E-state index contributed by atoms with van der Waals surface area (Å²) in [6, 6.07) is 6.45. The molecular formula is C16H18FN5. The van der Waals surface area contributed by atoms with Crippen LogP contribution in [0.2, 0.25) is 0 Å². The molecule has 0 unspecified atom stereocenters. The molecule has 0 aliphatic heterocycles. The SMILES string of the molecule is Cc1[nH]ncc1CN[C@@H](c1ccccc1F)c1nccn1C. The van der Waals surface area contributed by atoms with Gasteiger partial charge in [-0.1, -0.05) is 18.2 Å². The molecule has 0 aliphatic carbocycles. The molecule has 6 heteroatoms. The number of aromatic amines is 1. The molecule has 0 amide bonds. The highest BCUT2D eigenvalue weighted by atomic mass is 19.1. The summed E-state index contributed by atoms with van der Waals surface area (Å²) in [6.07, 6.45) is 5.35. The highest BCUT2D eigenvalue weighted by Gasteiger charge is 2.21. The Balaban J connectivity index is 1.92. The van der Waals surface area contributed by atoms with Crippen molar-refractivity contribution >= 4 is 0 Å². The zero-order valence-electron chi connectivity index (χ0n) is 12.5. The number of H-pyrrole nitrogens is 1. The number of hydrogen-bond acceptors (Lipinski definition) is 3. The van der Waals surface area contributed by atoms with Gasteiger partial charge in [0.05, 0.1) is 12.2 Å². The largest absolute Gasteiger partial charge is 0.336 e. The molecule has 2 heterocycles. The van der Waals surface area contributed by atoms with Crippen molar-refractivity contribution in [3.8, 4) is 0 Å². The quantitative estimate of drug-likeness (QED) is 0.761. The molecule has 2 N–H and O–H groups in total. The van der Waals surface area contributed by atoms with Crippen molar-refractivity contribution in [1.82, 2.24) is 25.1 Å². The zero-order chi connectivity index (χ0) is 15.5. The van der Waals surface area contributed by atoms with Gasteiger partial charge in [0.25, 0.3) is 0 Å². The maximum absolute atomic E-state index is 14.2. The number of rotatable bonds is 5. The van der Waals surface area contributed by atoms with Gasteiger partial charge < -0.3 is 4.57 Å². The fourth-order valence-corrected chi connectivity index (χ4v) is 2.47. The molecule has 0 aliphatic rings. The van der Waals surface area contributed by atoms with E-state index in [1.807, 2.05) is 30.8 Å². The molecule has 22 heavy (non-hydrogen) atoms. The lowest BCUT2D eigenvalue weighted by molar-refractivity contribution is 0.520. The van der Waals surface area contributed by atoms with E-state index in [0.29, 0.717) is 12.1 Å². The van der Waals surface area contributed by atoms with Crippen LogP contribution < -0.4 is 5.32 Å². The molecule has 3 aromatic rings. The number of halogens is 1. The van der Waals surface area contributed by atoms with Crippen molar-refractivity contribution in [2.45, 2.75) is 19.5 Å². The van der Waals surface area contributed by atoms with E-state index in [9.17, 15) is 4.39 Å². The first-order valence-corrected chi connectivity index (χ1v) is 7.10. The lowest BCUT2D eigenvalue weighted by Gasteiger charge is -2.19. The summed E-state index contributed by atoms with van der Waals surface area (Å²) < 4.78 is 16.1. The first-order valence-electron chi connectivity index (χ1n) is 7.10. The van der Waals surface area contributed by atoms with Gasteiger partial charge in [-0.25, -0.2) is 9.37 Å². The van der Waals surface area contributed by atoms with Crippen LogP contribution in [-0.2, 0) is 13.6 Å². The van der Waals surface area contributed by atoms with Crippen LogP contribution in [0, 0.1) is 12.7 Å². The zero-order valence-corrected chi connectivity index (χ0v) is 12.5. The van der Waals surface area contributed by atoms with Gasteiger partial charge in [0.1, 0.15) is 11.6 Å². The van der Waals surface area contributed by atoms with Gasteiger partial charge in [-0.3, -0.25) is 10.4 Å². The van der Waals surface area contributed by atoms with Crippen LogP contribution in [0.15, 0.2) is 42.9 Å². The third kappa shape index (κ3) is 2.78. The highest BCUT2D eigenvalue weighted by Crippen LogP contribution is 2.23. The molecule has 5 nitrogen and oxygen atoms in total. The third-order valence-corrected chi connectivity index (χ3v) is 3.76. The van der Waals surface area contributed by atoms with Crippen molar-refractivity contribution in [3.05, 3.63) is 71.3 Å². The number of imidazole rings is 1. The molecular weight excluding hydrogens is 281 g/mol. The van der Waals surface area contributed by atoms with E-state index < -0.39 is 0 Å². The number of aromatic nitrogens is 4. The van der Waals surface area contributed by atoms with Crippen molar-refractivity contribution in [2.24, 2.45) is 7.05 Å². The van der Waals surface area contributed by atoms with Gasteiger partial charge in [0, 0.05) is 42.8 Å².